The fourth-order valence-electron chi connectivity index (χ4n) is 1.92. The van der Waals surface area contributed by atoms with Gasteiger partial charge < -0.3 is 9.31 Å². The number of nitrogens with zero attached hydrogens (tertiary/aromatic N) is 2. The molecule has 0 unspecified atom stereocenters. The van der Waals surface area contributed by atoms with Gasteiger partial charge >= 0.3 is 7.12 Å². The van der Waals surface area contributed by atoms with Crippen molar-refractivity contribution in [2.24, 2.45) is 7.05 Å². The smallest absolute Gasteiger partial charge is 0.398 e. The first-order valence-electron chi connectivity index (χ1n) is 6.35. The summed E-state index contributed by atoms with van der Waals surface area (Å²) in [6.07, 6.45) is 3.12. The summed E-state index contributed by atoms with van der Waals surface area (Å²) < 4.78 is 27.2. The maximum absolute atomic E-state index is 14.3. The zero-order chi connectivity index (χ0) is 14.4. The van der Waals surface area contributed by atoms with Crippen LogP contribution in [0.4, 0.5) is 4.39 Å². The molecule has 6 heteroatoms. The Morgan fingerprint density at radius 3 is 2.26 bits per heavy atom. The third-order valence-corrected chi connectivity index (χ3v) is 3.93. The van der Waals surface area contributed by atoms with Crippen LogP contribution < -0.4 is 0 Å². The van der Waals surface area contributed by atoms with Gasteiger partial charge in [-0.3, -0.25) is 4.68 Å². The molecule has 1 fully saturated rings. The third kappa shape index (κ3) is 2.47. The quantitative estimate of drug-likeness (QED) is 0.772. The van der Waals surface area contributed by atoms with E-state index in [-0.39, 0.29) is 0 Å². The Morgan fingerprint density at radius 2 is 1.84 bits per heavy atom. The second-order valence-electron chi connectivity index (χ2n) is 5.95. The van der Waals surface area contributed by atoms with Crippen LogP contribution in [0, 0.1) is 6.92 Å². The van der Waals surface area contributed by atoms with E-state index < -0.39 is 24.0 Å². The molecule has 1 saturated heterocycles. The Hall–Kier alpha value is -1.14. The molecule has 0 N–H and O–H groups in total. The van der Waals surface area contributed by atoms with E-state index >= 15 is 0 Å². The van der Waals surface area contributed by atoms with Gasteiger partial charge in [-0.25, -0.2) is 4.39 Å². The van der Waals surface area contributed by atoms with Crippen LogP contribution in [0.5, 0.6) is 0 Å². The molecule has 1 aliphatic heterocycles. The zero-order valence-electron chi connectivity index (χ0n) is 12.3. The van der Waals surface area contributed by atoms with Crippen LogP contribution in [0.15, 0.2) is 11.9 Å². The molecule has 0 aromatic carbocycles. The highest BCUT2D eigenvalue weighted by atomic mass is 19.1. The number of hydrogen-bond acceptors (Lipinski definition) is 3. The molecule has 1 aromatic heterocycles. The summed E-state index contributed by atoms with van der Waals surface area (Å²) in [4.78, 5) is 0. The third-order valence-electron chi connectivity index (χ3n) is 3.93. The summed E-state index contributed by atoms with van der Waals surface area (Å²) in [5.74, 6) is 0. The van der Waals surface area contributed by atoms with Crippen molar-refractivity contribution in [1.82, 2.24) is 9.78 Å². The lowest BCUT2D eigenvalue weighted by Crippen LogP contribution is -2.41. The average Bonchev–Trinajstić information content (AvgIpc) is 2.69. The fourth-order valence-corrected chi connectivity index (χ4v) is 1.92. The van der Waals surface area contributed by atoms with Crippen molar-refractivity contribution < 1.29 is 13.7 Å². The van der Waals surface area contributed by atoms with Gasteiger partial charge in [-0.05, 0) is 46.3 Å². The Kier molecular flexibility index (Phi) is 3.35. The molecule has 4 nitrogen and oxygen atoms in total. The van der Waals surface area contributed by atoms with Gasteiger partial charge in [0.25, 0.3) is 0 Å². The maximum atomic E-state index is 14.3. The predicted octanol–water partition coefficient (Wildman–Crippen LogP) is 2.67. The lowest BCUT2D eigenvalue weighted by Gasteiger charge is -2.32. The van der Waals surface area contributed by atoms with E-state index in [9.17, 15) is 4.39 Å². The average molecular weight is 266 g/mol. The van der Waals surface area contributed by atoms with Gasteiger partial charge in [0.2, 0.25) is 0 Å². The van der Waals surface area contributed by atoms with E-state index in [2.05, 4.69) is 5.10 Å². The number of rotatable bonds is 2. The standard InChI is InChI=1S/C13H20BFN2O2/c1-9-8-16-17(6)10(9)7-11(15)14-18-12(2,3)13(4,5)19-14/h7-8H,1-6H3/b11-7-. The first-order valence-corrected chi connectivity index (χ1v) is 6.35. The molecule has 1 aliphatic rings. The molecule has 0 radical (unpaired) electrons. The van der Waals surface area contributed by atoms with Gasteiger partial charge in [0, 0.05) is 7.05 Å². The van der Waals surface area contributed by atoms with Gasteiger partial charge in [-0.2, -0.15) is 5.10 Å². The van der Waals surface area contributed by atoms with Crippen LogP contribution in [0.2, 0.25) is 0 Å². The van der Waals surface area contributed by atoms with Gasteiger partial charge in [-0.15, -0.1) is 0 Å². The minimum absolute atomic E-state index is 0.439. The lowest BCUT2D eigenvalue weighted by molar-refractivity contribution is 0.00578. The van der Waals surface area contributed by atoms with E-state index in [0.29, 0.717) is 5.69 Å². The molecule has 2 rings (SSSR count). The van der Waals surface area contributed by atoms with E-state index in [1.807, 2.05) is 34.6 Å². The Morgan fingerprint density at radius 1 is 1.32 bits per heavy atom. The number of hydrogen-bond donors (Lipinski definition) is 0. The van der Waals surface area contributed by atoms with Crippen LogP contribution in [0.3, 0.4) is 0 Å². The zero-order valence-corrected chi connectivity index (χ0v) is 12.3. The normalized spacial score (nSPS) is 22.1. The molecule has 104 valence electrons. The summed E-state index contributed by atoms with van der Waals surface area (Å²) in [5.41, 5.74) is 0.112. The second-order valence-corrected chi connectivity index (χ2v) is 5.95. The molecule has 19 heavy (non-hydrogen) atoms. The summed E-state index contributed by atoms with van der Waals surface area (Å²) in [6.45, 7) is 9.48. The van der Waals surface area contributed by atoms with Crippen molar-refractivity contribution in [2.45, 2.75) is 45.8 Å². The summed E-state index contributed by atoms with van der Waals surface area (Å²) >= 11 is 0. The van der Waals surface area contributed by atoms with Gasteiger partial charge in [-0.1, -0.05) is 0 Å². The van der Waals surface area contributed by atoms with Crippen molar-refractivity contribution >= 4 is 13.2 Å². The fraction of sp³-hybridized carbons (Fsp3) is 0.615. The van der Waals surface area contributed by atoms with Crippen LogP contribution in [0.25, 0.3) is 6.08 Å². The molecule has 2 heterocycles. The monoisotopic (exact) mass is 266 g/mol. The first-order chi connectivity index (χ1) is 8.64. The Bertz CT molecular complexity index is 487. The number of halogens is 1. The van der Waals surface area contributed by atoms with E-state index in [1.54, 1.807) is 17.9 Å². The van der Waals surface area contributed by atoms with Crippen molar-refractivity contribution in [1.29, 1.82) is 0 Å². The highest BCUT2D eigenvalue weighted by molar-refractivity contribution is 6.54. The van der Waals surface area contributed by atoms with E-state index in [4.69, 9.17) is 9.31 Å². The summed E-state index contributed by atoms with van der Waals surface area (Å²) in [7, 11) is 0.815. The topological polar surface area (TPSA) is 36.3 Å². The maximum Gasteiger partial charge on any atom is 0.525 e. The number of aryl methyl sites for hydroxylation is 2. The van der Waals surface area contributed by atoms with Gasteiger partial charge in [0.05, 0.1) is 23.1 Å². The molecule has 0 aliphatic carbocycles. The highest BCUT2D eigenvalue weighted by Crippen LogP contribution is 2.39. The number of aromatic nitrogens is 2. The van der Waals surface area contributed by atoms with Crippen LogP contribution in [-0.4, -0.2) is 28.1 Å². The van der Waals surface area contributed by atoms with E-state index in [1.165, 1.54) is 6.08 Å². The van der Waals surface area contributed by atoms with Crippen LogP contribution >= 0.6 is 0 Å². The van der Waals surface area contributed by atoms with E-state index in [0.717, 1.165) is 5.56 Å². The lowest BCUT2D eigenvalue weighted by atomic mass is 9.87. The predicted molar refractivity (Wildman–Crippen MR) is 73.1 cm³/mol. The summed E-state index contributed by atoms with van der Waals surface area (Å²) in [5, 5.41) is 4.08. The largest absolute Gasteiger partial charge is 0.525 e. The second kappa shape index (κ2) is 4.46. The Balaban J connectivity index is 2.25. The van der Waals surface area contributed by atoms with Crippen molar-refractivity contribution in [3.8, 4) is 0 Å². The summed E-state index contributed by atoms with van der Waals surface area (Å²) in [6, 6.07) is 0. The molecule has 0 saturated carbocycles. The van der Waals surface area contributed by atoms with Gasteiger partial charge in [0.15, 0.2) is 0 Å². The van der Waals surface area contributed by atoms with Crippen molar-refractivity contribution in [2.75, 3.05) is 0 Å². The van der Waals surface area contributed by atoms with Crippen LogP contribution in [0.1, 0.15) is 39.0 Å². The SMILES string of the molecule is Cc1cnn(C)c1/C=C(\F)B1OC(C)(C)C(C)(C)O1. The minimum atomic E-state index is -0.959. The molecule has 1 aromatic rings. The molecular formula is C13H20BFN2O2. The molecule has 0 spiro atoms. The highest BCUT2D eigenvalue weighted by Gasteiger charge is 2.53. The van der Waals surface area contributed by atoms with Gasteiger partial charge in [0.1, 0.15) is 5.73 Å². The molecule has 0 bridgehead atoms. The first kappa shape index (κ1) is 14.3. The minimum Gasteiger partial charge on any atom is -0.398 e. The van der Waals surface area contributed by atoms with Crippen LogP contribution in [-0.2, 0) is 16.4 Å². The molecular weight excluding hydrogens is 246 g/mol. The van der Waals surface area contributed by atoms with Crippen molar-refractivity contribution in [3.63, 3.8) is 0 Å². The molecule has 0 atom stereocenters. The Labute approximate surface area is 113 Å². The van der Waals surface area contributed by atoms with Crippen molar-refractivity contribution in [3.05, 3.63) is 23.2 Å². The molecule has 0 amide bonds.